The Labute approximate surface area is 156 Å². The third kappa shape index (κ3) is 3.40. The predicted octanol–water partition coefficient (Wildman–Crippen LogP) is 3.56. The number of fused-ring (bicyclic) bond motifs is 1. The van der Waals surface area contributed by atoms with Gasteiger partial charge in [-0.3, -0.25) is 14.2 Å². The second-order valence-corrected chi connectivity index (χ2v) is 6.50. The van der Waals surface area contributed by atoms with E-state index in [2.05, 4.69) is 10.3 Å². The van der Waals surface area contributed by atoms with Gasteiger partial charge in [0.15, 0.2) is 0 Å². The van der Waals surface area contributed by atoms with Crippen molar-refractivity contribution in [2.75, 3.05) is 0 Å². The number of aromatic nitrogens is 2. The third-order valence-electron chi connectivity index (χ3n) is 4.51. The van der Waals surface area contributed by atoms with Crippen LogP contribution < -0.4 is 10.9 Å². The highest BCUT2D eigenvalue weighted by molar-refractivity contribution is 5.97. The molecule has 0 fully saturated rings. The number of nitrogens with one attached hydrogen (secondary N) is 2. The van der Waals surface area contributed by atoms with E-state index >= 15 is 0 Å². The van der Waals surface area contributed by atoms with Crippen molar-refractivity contribution in [1.82, 2.24) is 14.9 Å². The largest absolute Gasteiger partial charge is 0.347 e. The van der Waals surface area contributed by atoms with Crippen LogP contribution >= 0.6 is 0 Å². The fourth-order valence-corrected chi connectivity index (χ4v) is 3.06. The second kappa shape index (κ2) is 6.96. The van der Waals surface area contributed by atoms with Gasteiger partial charge in [0.25, 0.3) is 11.5 Å². The van der Waals surface area contributed by atoms with Gasteiger partial charge in [-0.1, -0.05) is 48.0 Å². The minimum absolute atomic E-state index is 0.149. The maximum Gasteiger partial charge on any atom is 0.268 e. The molecule has 0 radical (unpaired) electrons. The third-order valence-corrected chi connectivity index (χ3v) is 4.51. The first kappa shape index (κ1) is 16.8. The molecule has 0 saturated heterocycles. The summed E-state index contributed by atoms with van der Waals surface area (Å²) in [5.74, 6) is -0.210. The fraction of sp³-hybridized carbons (Fsp3) is 0.0909. The molecule has 2 aromatic carbocycles. The van der Waals surface area contributed by atoms with Crippen LogP contribution in [0.4, 0.5) is 0 Å². The van der Waals surface area contributed by atoms with Crippen LogP contribution in [-0.4, -0.2) is 15.5 Å². The van der Waals surface area contributed by atoms with Crippen molar-refractivity contribution in [2.24, 2.45) is 0 Å². The maximum atomic E-state index is 12.5. The molecule has 134 valence electrons. The van der Waals surface area contributed by atoms with Gasteiger partial charge >= 0.3 is 0 Å². The van der Waals surface area contributed by atoms with E-state index in [0.29, 0.717) is 17.9 Å². The number of hydrogen-bond donors (Lipinski definition) is 2. The number of carbonyl (C=O) groups is 1. The average molecular weight is 357 g/mol. The first-order chi connectivity index (χ1) is 13.1. The molecule has 27 heavy (non-hydrogen) atoms. The number of pyridine rings is 1. The summed E-state index contributed by atoms with van der Waals surface area (Å²) >= 11 is 0. The standard InChI is InChI=1S/C22H19N3O2/c1-15-7-10-18(11-8-15)25-20(26)12-9-17-13-19(24-21(17)25)22(27)23-14-16-5-3-2-4-6-16/h2-13,24H,14H2,1H3,(H,23,27). The van der Waals surface area contributed by atoms with E-state index in [4.69, 9.17) is 0 Å². The van der Waals surface area contributed by atoms with E-state index in [-0.39, 0.29) is 11.5 Å². The summed E-state index contributed by atoms with van der Waals surface area (Å²) in [6, 6.07) is 22.4. The number of benzene rings is 2. The first-order valence-electron chi connectivity index (χ1n) is 8.76. The Kier molecular flexibility index (Phi) is 4.34. The van der Waals surface area contributed by atoms with Gasteiger partial charge in [0.2, 0.25) is 0 Å². The van der Waals surface area contributed by atoms with Gasteiger partial charge < -0.3 is 10.3 Å². The highest BCUT2D eigenvalue weighted by Crippen LogP contribution is 2.18. The summed E-state index contributed by atoms with van der Waals surface area (Å²) in [4.78, 5) is 28.1. The summed E-state index contributed by atoms with van der Waals surface area (Å²) in [7, 11) is 0. The van der Waals surface area contributed by atoms with Crippen LogP contribution in [0, 0.1) is 6.92 Å². The van der Waals surface area contributed by atoms with Gasteiger partial charge in [0.1, 0.15) is 11.3 Å². The van der Waals surface area contributed by atoms with Crippen molar-refractivity contribution < 1.29 is 4.79 Å². The summed E-state index contributed by atoms with van der Waals surface area (Å²) in [6.45, 7) is 2.44. The number of nitrogens with zero attached hydrogens (tertiary/aromatic N) is 1. The van der Waals surface area contributed by atoms with Crippen molar-refractivity contribution in [1.29, 1.82) is 0 Å². The number of hydrogen-bond acceptors (Lipinski definition) is 2. The number of H-pyrrole nitrogens is 1. The van der Waals surface area contributed by atoms with Crippen LogP contribution in [0.3, 0.4) is 0 Å². The smallest absolute Gasteiger partial charge is 0.268 e. The Morgan fingerprint density at radius 1 is 1.00 bits per heavy atom. The van der Waals surface area contributed by atoms with Gasteiger partial charge in [0, 0.05) is 18.0 Å². The van der Waals surface area contributed by atoms with E-state index < -0.39 is 0 Å². The molecule has 4 aromatic rings. The Morgan fingerprint density at radius 3 is 2.48 bits per heavy atom. The molecule has 0 spiro atoms. The van der Waals surface area contributed by atoms with Crippen LogP contribution in [0.25, 0.3) is 16.7 Å². The predicted molar refractivity (Wildman–Crippen MR) is 106 cm³/mol. The first-order valence-corrected chi connectivity index (χ1v) is 8.76. The lowest BCUT2D eigenvalue weighted by molar-refractivity contribution is 0.0946. The molecule has 0 aliphatic carbocycles. The molecule has 2 aromatic heterocycles. The van der Waals surface area contributed by atoms with E-state index in [0.717, 1.165) is 22.2 Å². The van der Waals surface area contributed by atoms with Crippen molar-refractivity contribution >= 4 is 16.9 Å². The molecular formula is C22H19N3O2. The Hall–Kier alpha value is -3.60. The zero-order chi connectivity index (χ0) is 18.8. The molecule has 4 rings (SSSR count). The van der Waals surface area contributed by atoms with Crippen molar-refractivity contribution in [3.05, 3.63) is 100.0 Å². The molecule has 2 N–H and O–H groups in total. The van der Waals surface area contributed by atoms with Crippen LogP contribution in [0.5, 0.6) is 0 Å². The van der Waals surface area contributed by atoms with Gasteiger partial charge in [-0.25, -0.2) is 0 Å². The topological polar surface area (TPSA) is 66.9 Å². The molecule has 5 nitrogen and oxygen atoms in total. The highest BCUT2D eigenvalue weighted by atomic mass is 16.2. The number of amides is 1. The number of aromatic amines is 1. The van der Waals surface area contributed by atoms with Crippen LogP contribution in [-0.2, 0) is 6.54 Å². The minimum Gasteiger partial charge on any atom is -0.347 e. The molecular weight excluding hydrogens is 338 g/mol. The maximum absolute atomic E-state index is 12.5. The summed E-state index contributed by atoms with van der Waals surface area (Å²) in [5, 5.41) is 3.71. The van der Waals surface area contributed by atoms with E-state index in [1.807, 2.05) is 61.5 Å². The number of aryl methyl sites for hydroxylation is 1. The molecule has 0 unspecified atom stereocenters. The molecule has 0 aliphatic rings. The lowest BCUT2D eigenvalue weighted by atomic mass is 10.2. The number of carbonyl (C=O) groups excluding carboxylic acids is 1. The lowest BCUT2D eigenvalue weighted by Gasteiger charge is -2.07. The van der Waals surface area contributed by atoms with Crippen molar-refractivity contribution in [3.8, 4) is 5.69 Å². The Morgan fingerprint density at radius 2 is 1.74 bits per heavy atom. The van der Waals surface area contributed by atoms with Crippen molar-refractivity contribution in [3.63, 3.8) is 0 Å². The van der Waals surface area contributed by atoms with Gasteiger partial charge in [-0.05, 0) is 36.8 Å². The lowest BCUT2D eigenvalue weighted by Crippen LogP contribution is -2.23. The molecule has 0 saturated carbocycles. The highest BCUT2D eigenvalue weighted by Gasteiger charge is 2.13. The average Bonchev–Trinajstić information content (AvgIpc) is 3.12. The monoisotopic (exact) mass is 357 g/mol. The van der Waals surface area contributed by atoms with Crippen LogP contribution in [0.1, 0.15) is 21.6 Å². The normalized spacial score (nSPS) is 10.9. The SMILES string of the molecule is Cc1ccc(-n2c(=O)ccc3cc(C(=O)NCc4ccccc4)[nH]c32)cc1. The van der Waals surface area contributed by atoms with Gasteiger partial charge in [-0.2, -0.15) is 0 Å². The number of rotatable bonds is 4. The van der Waals surface area contributed by atoms with E-state index in [1.54, 1.807) is 16.7 Å². The fourth-order valence-electron chi connectivity index (χ4n) is 3.06. The quantitative estimate of drug-likeness (QED) is 0.586. The second-order valence-electron chi connectivity index (χ2n) is 6.50. The summed E-state index contributed by atoms with van der Waals surface area (Å²) < 4.78 is 1.59. The zero-order valence-corrected chi connectivity index (χ0v) is 14.9. The minimum atomic E-state index is -0.210. The van der Waals surface area contributed by atoms with Gasteiger partial charge in [-0.15, -0.1) is 0 Å². The molecule has 0 bridgehead atoms. The summed E-state index contributed by atoms with van der Waals surface area (Å²) in [6.07, 6.45) is 0. The molecule has 2 heterocycles. The van der Waals surface area contributed by atoms with E-state index in [9.17, 15) is 9.59 Å². The molecule has 1 amide bonds. The Bertz CT molecular complexity index is 1160. The zero-order valence-electron chi connectivity index (χ0n) is 14.9. The van der Waals surface area contributed by atoms with Crippen molar-refractivity contribution in [2.45, 2.75) is 13.5 Å². The molecule has 0 atom stereocenters. The molecule has 0 aliphatic heterocycles. The Balaban J connectivity index is 1.68. The van der Waals surface area contributed by atoms with Crippen LogP contribution in [0.2, 0.25) is 0 Å². The molecule has 5 heteroatoms. The van der Waals surface area contributed by atoms with E-state index in [1.165, 1.54) is 6.07 Å². The van der Waals surface area contributed by atoms with Crippen LogP contribution in [0.15, 0.2) is 77.6 Å². The van der Waals surface area contributed by atoms with Gasteiger partial charge in [0.05, 0.1) is 5.69 Å². The summed E-state index contributed by atoms with van der Waals surface area (Å²) in [5.41, 5.74) is 3.78.